The lowest BCUT2D eigenvalue weighted by Gasteiger charge is -2.03. The highest BCUT2D eigenvalue weighted by Crippen LogP contribution is 2.23. The minimum Gasteiger partial charge on any atom is -0.497 e. The Morgan fingerprint density at radius 2 is 2.14 bits per heavy atom. The lowest BCUT2D eigenvalue weighted by molar-refractivity contribution is 0.409. The van der Waals surface area contributed by atoms with E-state index in [-0.39, 0.29) is 0 Å². The SMILES string of the molecule is COc1cc(C)cc(-c2ncn(/C=C\c3ncno3)n2)c1. The van der Waals surface area contributed by atoms with Gasteiger partial charge in [-0.15, -0.1) is 5.10 Å². The zero-order valence-electron chi connectivity index (χ0n) is 11.6. The van der Waals surface area contributed by atoms with Gasteiger partial charge in [-0.2, -0.15) is 4.98 Å². The Morgan fingerprint density at radius 1 is 1.24 bits per heavy atom. The number of hydrogen-bond donors (Lipinski definition) is 0. The van der Waals surface area contributed by atoms with Crippen LogP contribution in [0.2, 0.25) is 0 Å². The van der Waals surface area contributed by atoms with E-state index < -0.39 is 0 Å². The third-order valence-electron chi connectivity index (χ3n) is 2.80. The average molecular weight is 283 g/mol. The van der Waals surface area contributed by atoms with E-state index in [4.69, 9.17) is 9.26 Å². The first kappa shape index (κ1) is 13.0. The minimum absolute atomic E-state index is 0.407. The summed E-state index contributed by atoms with van der Waals surface area (Å²) in [5, 5.41) is 7.89. The van der Waals surface area contributed by atoms with Crippen LogP contribution in [0.4, 0.5) is 0 Å². The first-order valence-electron chi connectivity index (χ1n) is 6.26. The van der Waals surface area contributed by atoms with Gasteiger partial charge in [0, 0.05) is 17.8 Å². The van der Waals surface area contributed by atoms with Crippen molar-refractivity contribution in [3.8, 4) is 17.1 Å². The van der Waals surface area contributed by atoms with E-state index in [9.17, 15) is 0 Å². The highest BCUT2D eigenvalue weighted by molar-refractivity contribution is 5.59. The van der Waals surface area contributed by atoms with Gasteiger partial charge in [-0.3, -0.25) is 0 Å². The number of aryl methyl sites for hydroxylation is 1. The molecule has 0 unspecified atom stereocenters. The molecule has 3 rings (SSSR count). The molecule has 1 aromatic carbocycles. The van der Waals surface area contributed by atoms with Crippen LogP contribution in [0.15, 0.2) is 35.4 Å². The maximum absolute atomic E-state index is 5.26. The van der Waals surface area contributed by atoms with E-state index in [0.29, 0.717) is 11.7 Å². The van der Waals surface area contributed by atoms with Gasteiger partial charge in [0.15, 0.2) is 12.2 Å². The van der Waals surface area contributed by atoms with Gasteiger partial charge >= 0.3 is 0 Å². The second-order valence-electron chi connectivity index (χ2n) is 4.38. The van der Waals surface area contributed by atoms with Gasteiger partial charge < -0.3 is 9.26 Å². The van der Waals surface area contributed by atoms with Gasteiger partial charge in [0.1, 0.15) is 12.1 Å². The maximum atomic E-state index is 5.26. The van der Waals surface area contributed by atoms with E-state index in [1.54, 1.807) is 30.4 Å². The van der Waals surface area contributed by atoms with Crippen LogP contribution in [0.1, 0.15) is 11.5 Å². The number of hydrogen-bond acceptors (Lipinski definition) is 6. The molecule has 106 valence electrons. The summed E-state index contributed by atoms with van der Waals surface area (Å²) < 4.78 is 11.7. The summed E-state index contributed by atoms with van der Waals surface area (Å²) in [4.78, 5) is 8.17. The van der Waals surface area contributed by atoms with Crippen molar-refractivity contribution in [3.05, 3.63) is 42.3 Å². The van der Waals surface area contributed by atoms with Crippen molar-refractivity contribution in [2.24, 2.45) is 0 Å². The highest BCUT2D eigenvalue weighted by Gasteiger charge is 2.06. The average Bonchev–Trinajstić information content (AvgIpc) is 3.15. The Kier molecular flexibility index (Phi) is 3.46. The molecule has 0 atom stereocenters. The van der Waals surface area contributed by atoms with Crippen LogP contribution in [-0.4, -0.2) is 32.0 Å². The quantitative estimate of drug-likeness (QED) is 0.730. The summed E-state index contributed by atoms with van der Waals surface area (Å²) in [5.41, 5.74) is 1.99. The molecule has 7 heteroatoms. The molecule has 0 aliphatic carbocycles. The number of nitrogens with zero attached hydrogens (tertiary/aromatic N) is 5. The smallest absolute Gasteiger partial charge is 0.251 e. The van der Waals surface area contributed by atoms with Crippen molar-refractivity contribution in [2.75, 3.05) is 7.11 Å². The number of benzene rings is 1. The summed E-state index contributed by atoms with van der Waals surface area (Å²) in [5.74, 6) is 1.80. The second-order valence-corrected chi connectivity index (χ2v) is 4.38. The zero-order chi connectivity index (χ0) is 14.7. The second kappa shape index (κ2) is 5.58. The molecular weight excluding hydrogens is 270 g/mol. The number of methoxy groups -OCH3 is 1. The van der Waals surface area contributed by atoms with Gasteiger partial charge in [-0.25, -0.2) is 9.67 Å². The first-order chi connectivity index (χ1) is 10.2. The molecule has 0 fully saturated rings. The molecule has 0 saturated carbocycles. The van der Waals surface area contributed by atoms with Gasteiger partial charge in [0.2, 0.25) is 0 Å². The third-order valence-corrected chi connectivity index (χ3v) is 2.80. The molecule has 2 heterocycles. The molecule has 0 N–H and O–H groups in total. The summed E-state index contributed by atoms with van der Waals surface area (Å²) in [7, 11) is 1.64. The third kappa shape index (κ3) is 2.97. The zero-order valence-corrected chi connectivity index (χ0v) is 11.6. The molecule has 0 radical (unpaired) electrons. The summed E-state index contributed by atoms with van der Waals surface area (Å²) >= 11 is 0. The van der Waals surface area contributed by atoms with Crippen molar-refractivity contribution in [1.82, 2.24) is 24.9 Å². The van der Waals surface area contributed by atoms with Crippen LogP contribution in [0.25, 0.3) is 23.7 Å². The fourth-order valence-electron chi connectivity index (χ4n) is 1.87. The summed E-state index contributed by atoms with van der Waals surface area (Å²) in [6.07, 6.45) is 6.29. The summed E-state index contributed by atoms with van der Waals surface area (Å²) in [6.45, 7) is 2.00. The van der Waals surface area contributed by atoms with Crippen LogP contribution in [0.5, 0.6) is 5.75 Å². The standard InChI is InChI=1S/C14H13N5O2/c1-10-5-11(7-12(6-10)20-2)14-16-9-19(18-14)4-3-13-15-8-17-21-13/h3-9H,1-2H3/b4-3-. The van der Waals surface area contributed by atoms with Gasteiger partial charge in [-0.05, 0) is 30.7 Å². The Bertz CT molecular complexity index is 762. The minimum atomic E-state index is 0.407. The van der Waals surface area contributed by atoms with Crippen LogP contribution in [0.3, 0.4) is 0 Å². The van der Waals surface area contributed by atoms with Crippen molar-refractivity contribution in [1.29, 1.82) is 0 Å². The van der Waals surface area contributed by atoms with Crippen LogP contribution < -0.4 is 4.74 Å². The fraction of sp³-hybridized carbons (Fsp3) is 0.143. The van der Waals surface area contributed by atoms with Gasteiger partial charge in [0.05, 0.1) is 7.11 Å². The molecule has 0 aliphatic rings. The normalized spacial score (nSPS) is 11.1. The topological polar surface area (TPSA) is 78.9 Å². The molecule has 0 bridgehead atoms. The molecule has 7 nitrogen and oxygen atoms in total. The van der Waals surface area contributed by atoms with Crippen molar-refractivity contribution in [3.63, 3.8) is 0 Å². The van der Waals surface area contributed by atoms with E-state index >= 15 is 0 Å². The largest absolute Gasteiger partial charge is 0.497 e. The molecule has 0 saturated heterocycles. The van der Waals surface area contributed by atoms with Crippen LogP contribution in [0, 0.1) is 6.92 Å². The lowest BCUT2D eigenvalue weighted by atomic mass is 10.1. The predicted octanol–water partition coefficient (Wildman–Crippen LogP) is 2.27. The number of ether oxygens (including phenoxy) is 1. The monoisotopic (exact) mass is 283 g/mol. The van der Waals surface area contributed by atoms with Crippen molar-refractivity contribution in [2.45, 2.75) is 6.92 Å². The predicted molar refractivity (Wildman–Crippen MR) is 76.3 cm³/mol. The highest BCUT2D eigenvalue weighted by atomic mass is 16.5. The Hall–Kier alpha value is -2.96. The molecule has 21 heavy (non-hydrogen) atoms. The maximum Gasteiger partial charge on any atom is 0.251 e. The van der Waals surface area contributed by atoms with E-state index in [0.717, 1.165) is 16.9 Å². The van der Waals surface area contributed by atoms with Gasteiger partial charge in [0.25, 0.3) is 5.89 Å². The first-order valence-corrected chi connectivity index (χ1v) is 6.26. The molecule has 3 aromatic rings. The lowest BCUT2D eigenvalue weighted by Crippen LogP contribution is -1.90. The molecule has 0 spiro atoms. The number of aromatic nitrogens is 5. The molecule has 0 amide bonds. The Labute approximate surface area is 120 Å². The van der Waals surface area contributed by atoms with Gasteiger partial charge in [-0.1, -0.05) is 5.16 Å². The van der Waals surface area contributed by atoms with Crippen LogP contribution in [-0.2, 0) is 0 Å². The van der Waals surface area contributed by atoms with E-state index in [1.165, 1.54) is 6.33 Å². The molecule has 0 aliphatic heterocycles. The van der Waals surface area contributed by atoms with Crippen molar-refractivity contribution >= 4 is 12.3 Å². The van der Waals surface area contributed by atoms with Crippen LogP contribution >= 0.6 is 0 Å². The van der Waals surface area contributed by atoms with E-state index in [1.807, 2.05) is 25.1 Å². The Balaban J connectivity index is 1.86. The van der Waals surface area contributed by atoms with Crippen molar-refractivity contribution < 1.29 is 9.26 Å². The Morgan fingerprint density at radius 3 is 2.90 bits per heavy atom. The fourth-order valence-corrected chi connectivity index (χ4v) is 1.87. The molecular formula is C14H13N5O2. The van der Waals surface area contributed by atoms with E-state index in [2.05, 4.69) is 20.2 Å². The number of rotatable bonds is 4. The molecule has 2 aromatic heterocycles. The summed E-state index contributed by atoms with van der Waals surface area (Å²) in [6, 6.07) is 5.86.